The van der Waals surface area contributed by atoms with Crippen LogP contribution in [-0.4, -0.2) is 25.9 Å². The van der Waals surface area contributed by atoms with Gasteiger partial charge < -0.3 is 19.9 Å². The van der Waals surface area contributed by atoms with E-state index in [1.54, 1.807) is 18.2 Å². The summed E-state index contributed by atoms with van der Waals surface area (Å²) in [6.45, 7) is 0.168. The molecule has 2 aromatic rings. The van der Waals surface area contributed by atoms with Crippen molar-refractivity contribution >= 4 is 0 Å². The van der Waals surface area contributed by atoms with Crippen molar-refractivity contribution in [2.24, 2.45) is 0 Å². The van der Waals surface area contributed by atoms with Crippen LogP contribution < -0.4 is 14.8 Å². The van der Waals surface area contributed by atoms with Gasteiger partial charge in [0.15, 0.2) is 17.5 Å². The standard InChI is InChI=1S/C17H18F3NO3/c1-23-11-3-4-16(24-2)12(7-11)15(22)9-21-8-10-5-13(18)17(20)14(19)6-10/h3-7,15,21-22H,8-9H2,1-2H3. The Bertz CT molecular complexity index is 686. The van der Waals surface area contributed by atoms with Gasteiger partial charge in [0.2, 0.25) is 0 Å². The Kier molecular flexibility index (Phi) is 6.05. The number of benzene rings is 2. The number of halogens is 3. The van der Waals surface area contributed by atoms with Crippen LogP contribution in [0.5, 0.6) is 11.5 Å². The quantitative estimate of drug-likeness (QED) is 0.761. The molecule has 2 rings (SSSR count). The van der Waals surface area contributed by atoms with E-state index in [0.717, 1.165) is 12.1 Å². The molecular formula is C17H18F3NO3. The number of aliphatic hydroxyl groups is 1. The molecule has 24 heavy (non-hydrogen) atoms. The summed E-state index contributed by atoms with van der Waals surface area (Å²) in [5.74, 6) is -2.94. The van der Waals surface area contributed by atoms with Gasteiger partial charge in [-0.2, -0.15) is 0 Å². The second-order valence-corrected chi connectivity index (χ2v) is 5.13. The molecule has 7 heteroatoms. The summed E-state index contributed by atoms with van der Waals surface area (Å²) in [6, 6.07) is 6.82. The zero-order valence-corrected chi connectivity index (χ0v) is 13.3. The van der Waals surface area contributed by atoms with Gasteiger partial charge in [-0.15, -0.1) is 0 Å². The molecule has 130 valence electrons. The lowest BCUT2D eigenvalue weighted by Gasteiger charge is -2.16. The molecule has 0 aromatic heterocycles. The summed E-state index contributed by atoms with van der Waals surface area (Å²) in [7, 11) is 2.99. The van der Waals surface area contributed by atoms with Crippen LogP contribution in [0, 0.1) is 17.5 Å². The summed E-state index contributed by atoms with van der Waals surface area (Å²) in [5, 5.41) is 13.1. The van der Waals surface area contributed by atoms with Crippen LogP contribution in [0.4, 0.5) is 13.2 Å². The normalized spacial score (nSPS) is 12.1. The fourth-order valence-electron chi connectivity index (χ4n) is 2.27. The monoisotopic (exact) mass is 341 g/mol. The minimum Gasteiger partial charge on any atom is -0.497 e. The molecule has 2 aromatic carbocycles. The average Bonchev–Trinajstić information content (AvgIpc) is 2.58. The van der Waals surface area contributed by atoms with E-state index in [1.165, 1.54) is 14.2 Å². The molecule has 0 heterocycles. The maximum atomic E-state index is 13.2. The molecule has 0 amide bonds. The zero-order chi connectivity index (χ0) is 17.7. The van der Waals surface area contributed by atoms with Crippen LogP contribution in [-0.2, 0) is 6.54 Å². The van der Waals surface area contributed by atoms with Gasteiger partial charge >= 0.3 is 0 Å². The lowest BCUT2D eigenvalue weighted by Crippen LogP contribution is -2.21. The first kappa shape index (κ1) is 18.1. The van der Waals surface area contributed by atoms with E-state index >= 15 is 0 Å². The molecule has 0 saturated carbocycles. The summed E-state index contributed by atoms with van der Waals surface area (Å²) < 4.78 is 49.5. The Hall–Kier alpha value is -2.25. The van der Waals surface area contributed by atoms with Crippen molar-refractivity contribution in [2.75, 3.05) is 20.8 Å². The Morgan fingerprint density at radius 2 is 1.71 bits per heavy atom. The molecule has 0 aliphatic carbocycles. The van der Waals surface area contributed by atoms with Crippen molar-refractivity contribution < 1.29 is 27.8 Å². The first-order valence-corrected chi connectivity index (χ1v) is 7.20. The molecule has 0 saturated heterocycles. The van der Waals surface area contributed by atoms with Crippen LogP contribution in [0.2, 0.25) is 0 Å². The SMILES string of the molecule is COc1ccc(OC)c(C(O)CNCc2cc(F)c(F)c(F)c2)c1. The molecule has 1 unspecified atom stereocenters. The van der Waals surface area contributed by atoms with Gasteiger partial charge in [0.25, 0.3) is 0 Å². The fourth-order valence-corrected chi connectivity index (χ4v) is 2.27. The summed E-state index contributed by atoms with van der Waals surface area (Å²) >= 11 is 0. The third-order valence-corrected chi connectivity index (χ3v) is 3.51. The van der Waals surface area contributed by atoms with E-state index in [1.807, 2.05) is 0 Å². The fraction of sp³-hybridized carbons (Fsp3) is 0.294. The number of hydrogen-bond donors (Lipinski definition) is 2. The predicted octanol–water partition coefficient (Wildman–Crippen LogP) is 2.94. The molecule has 0 aliphatic rings. The predicted molar refractivity (Wildman–Crippen MR) is 82.5 cm³/mol. The van der Waals surface area contributed by atoms with Crippen LogP contribution in [0.1, 0.15) is 17.2 Å². The number of aliphatic hydroxyl groups excluding tert-OH is 1. The van der Waals surface area contributed by atoms with Gasteiger partial charge in [-0.05, 0) is 35.9 Å². The van der Waals surface area contributed by atoms with E-state index in [9.17, 15) is 18.3 Å². The third kappa shape index (κ3) is 4.18. The van der Waals surface area contributed by atoms with Crippen molar-refractivity contribution in [3.8, 4) is 11.5 Å². The minimum absolute atomic E-state index is 0.0669. The zero-order valence-electron chi connectivity index (χ0n) is 13.3. The van der Waals surface area contributed by atoms with Gasteiger partial charge in [-0.3, -0.25) is 0 Å². The van der Waals surface area contributed by atoms with Gasteiger partial charge in [-0.25, -0.2) is 13.2 Å². The summed E-state index contributed by atoms with van der Waals surface area (Å²) in [6.07, 6.45) is -0.926. The Morgan fingerprint density at radius 1 is 1.04 bits per heavy atom. The van der Waals surface area contributed by atoms with Crippen LogP contribution in [0.15, 0.2) is 30.3 Å². The number of rotatable bonds is 7. The van der Waals surface area contributed by atoms with E-state index in [-0.39, 0.29) is 18.7 Å². The average molecular weight is 341 g/mol. The van der Waals surface area contributed by atoms with Gasteiger partial charge in [0.05, 0.1) is 20.3 Å². The molecular weight excluding hydrogens is 323 g/mol. The maximum Gasteiger partial charge on any atom is 0.194 e. The van der Waals surface area contributed by atoms with Crippen molar-refractivity contribution in [3.05, 3.63) is 58.9 Å². The van der Waals surface area contributed by atoms with Crippen LogP contribution >= 0.6 is 0 Å². The molecule has 0 spiro atoms. The molecule has 0 aliphatic heterocycles. The summed E-state index contributed by atoms with van der Waals surface area (Å²) in [5.41, 5.74) is 0.747. The van der Waals surface area contributed by atoms with Crippen molar-refractivity contribution in [1.29, 1.82) is 0 Å². The first-order valence-electron chi connectivity index (χ1n) is 7.20. The highest BCUT2D eigenvalue weighted by Gasteiger charge is 2.15. The topological polar surface area (TPSA) is 50.7 Å². The number of nitrogens with one attached hydrogen (secondary N) is 1. The molecule has 0 bridgehead atoms. The highest BCUT2D eigenvalue weighted by atomic mass is 19.2. The molecule has 0 radical (unpaired) electrons. The van der Waals surface area contributed by atoms with Crippen LogP contribution in [0.3, 0.4) is 0 Å². The van der Waals surface area contributed by atoms with Crippen molar-refractivity contribution in [2.45, 2.75) is 12.6 Å². The number of methoxy groups -OCH3 is 2. The third-order valence-electron chi connectivity index (χ3n) is 3.51. The Labute approximate surface area is 137 Å². The number of ether oxygens (including phenoxy) is 2. The highest BCUT2D eigenvalue weighted by molar-refractivity contribution is 5.41. The lowest BCUT2D eigenvalue weighted by atomic mass is 10.1. The highest BCUT2D eigenvalue weighted by Crippen LogP contribution is 2.29. The van der Waals surface area contributed by atoms with E-state index < -0.39 is 23.6 Å². The first-order chi connectivity index (χ1) is 11.5. The minimum atomic E-state index is -1.50. The van der Waals surface area contributed by atoms with Crippen molar-refractivity contribution in [3.63, 3.8) is 0 Å². The second kappa shape index (κ2) is 8.03. The summed E-state index contributed by atoms with van der Waals surface area (Å²) in [4.78, 5) is 0. The Morgan fingerprint density at radius 3 is 2.29 bits per heavy atom. The maximum absolute atomic E-state index is 13.2. The van der Waals surface area contributed by atoms with Crippen molar-refractivity contribution in [1.82, 2.24) is 5.32 Å². The smallest absolute Gasteiger partial charge is 0.194 e. The molecule has 0 fully saturated rings. The van der Waals surface area contributed by atoms with E-state index in [2.05, 4.69) is 5.32 Å². The van der Waals surface area contributed by atoms with Gasteiger partial charge in [0.1, 0.15) is 11.5 Å². The lowest BCUT2D eigenvalue weighted by molar-refractivity contribution is 0.169. The van der Waals surface area contributed by atoms with E-state index in [4.69, 9.17) is 9.47 Å². The van der Waals surface area contributed by atoms with Gasteiger partial charge in [0, 0.05) is 18.7 Å². The molecule has 1 atom stereocenters. The van der Waals surface area contributed by atoms with E-state index in [0.29, 0.717) is 17.1 Å². The van der Waals surface area contributed by atoms with Crippen LogP contribution in [0.25, 0.3) is 0 Å². The largest absolute Gasteiger partial charge is 0.497 e. The number of hydrogen-bond acceptors (Lipinski definition) is 4. The molecule has 4 nitrogen and oxygen atoms in total. The molecule has 2 N–H and O–H groups in total. The van der Waals surface area contributed by atoms with Gasteiger partial charge in [-0.1, -0.05) is 0 Å². The second-order valence-electron chi connectivity index (χ2n) is 5.13. The Balaban J connectivity index is 2.02.